The van der Waals surface area contributed by atoms with Gasteiger partial charge in [0.1, 0.15) is 6.04 Å². The number of nitrogens with two attached hydrogens (primary N) is 1. The minimum atomic E-state index is -1.07. The average Bonchev–Trinajstić information content (AvgIpc) is 2.74. The van der Waals surface area contributed by atoms with Gasteiger partial charge in [0.05, 0.1) is 0 Å². The standard InChI is InChI=1S/C21H34N4O5/c22-15-17-8-5-7-16(14-17)6-1-3-12-23-13-4-2-9-19(26)24-18(21(29)25-30)10-11-20(27)28/h5,7-8,14,18,23,30H,1-4,6,9-13,15,22H2,(H,24,26)(H,25,29)(H,27,28). The molecule has 0 fully saturated rings. The van der Waals surface area contributed by atoms with E-state index in [1.807, 2.05) is 12.1 Å². The lowest BCUT2D eigenvalue weighted by molar-refractivity contribution is -0.139. The zero-order valence-electron chi connectivity index (χ0n) is 17.4. The number of carbonyl (C=O) groups excluding carboxylic acids is 2. The van der Waals surface area contributed by atoms with Crippen molar-refractivity contribution in [3.8, 4) is 0 Å². The fraction of sp³-hybridized carbons (Fsp3) is 0.571. The second-order valence-electron chi connectivity index (χ2n) is 7.22. The van der Waals surface area contributed by atoms with E-state index in [0.717, 1.165) is 44.3 Å². The third-order valence-corrected chi connectivity index (χ3v) is 4.71. The number of aliphatic carboxylic acids is 1. The minimum absolute atomic E-state index is 0.0778. The Morgan fingerprint density at radius 2 is 1.70 bits per heavy atom. The molecule has 0 spiro atoms. The predicted octanol–water partition coefficient (Wildman–Crippen LogP) is 1.08. The second kappa shape index (κ2) is 15.4. The highest BCUT2D eigenvalue weighted by molar-refractivity contribution is 5.87. The molecule has 1 aromatic carbocycles. The summed E-state index contributed by atoms with van der Waals surface area (Å²) < 4.78 is 0. The van der Waals surface area contributed by atoms with Gasteiger partial charge >= 0.3 is 5.97 Å². The number of carboxylic acids is 1. The van der Waals surface area contributed by atoms with Gasteiger partial charge < -0.3 is 21.5 Å². The molecule has 0 saturated heterocycles. The molecule has 0 aliphatic heterocycles. The molecule has 0 bridgehead atoms. The molecule has 1 aromatic rings. The molecule has 7 N–H and O–H groups in total. The number of hydrogen-bond acceptors (Lipinski definition) is 6. The number of hydrogen-bond donors (Lipinski definition) is 6. The van der Waals surface area contributed by atoms with Crippen LogP contribution in [0, 0.1) is 0 Å². The number of carboxylic acid groups (broad SMARTS) is 1. The van der Waals surface area contributed by atoms with Crippen molar-refractivity contribution in [1.82, 2.24) is 16.1 Å². The van der Waals surface area contributed by atoms with Gasteiger partial charge in [0.2, 0.25) is 5.91 Å². The number of benzene rings is 1. The summed E-state index contributed by atoms with van der Waals surface area (Å²) in [6.45, 7) is 2.28. The van der Waals surface area contributed by atoms with Crippen LogP contribution >= 0.6 is 0 Å². The Balaban J connectivity index is 2.08. The van der Waals surface area contributed by atoms with Gasteiger partial charge in [0.25, 0.3) is 5.91 Å². The smallest absolute Gasteiger partial charge is 0.303 e. The van der Waals surface area contributed by atoms with Crippen molar-refractivity contribution in [3.63, 3.8) is 0 Å². The van der Waals surface area contributed by atoms with E-state index in [-0.39, 0.29) is 25.2 Å². The molecule has 168 valence electrons. The monoisotopic (exact) mass is 422 g/mol. The van der Waals surface area contributed by atoms with Crippen LogP contribution in [0.5, 0.6) is 0 Å². The number of nitrogens with one attached hydrogen (secondary N) is 3. The van der Waals surface area contributed by atoms with Gasteiger partial charge in [-0.15, -0.1) is 0 Å². The number of carbonyl (C=O) groups is 3. The summed E-state index contributed by atoms with van der Waals surface area (Å²) in [6.07, 6.45) is 4.53. The Labute approximate surface area is 177 Å². The highest BCUT2D eigenvalue weighted by atomic mass is 16.5. The second-order valence-corrected chi connectivity index (χ2v) is 7.22. The van der Waals surface area contributed by atoms with E-state index in [9.17, 15) is 14.4 Å². The van der Waals surface area contributed by atoms with Crippen LogP contribution in [0.25, 0.3) is 0 Å². The summed E-state index contributed by atoms with van der Waals surface area (Å²) in [6, 6.07) is 7.28. The molecule has 0 aliphatic rings. The van der Waals surface area contributed by atoms with Crippen molar-refractivity contribution >= 4 is 17.8 Å². The van der Waals surface area contributed by atoms with Crippen molar-refractivity contribution in [1.29, 1.82) is 0 Å². The predicted molar refractivity (Wildman–Crippen MR) is 113 cm³/mol. The first-order chi connectivity index (χ1) is 14.5. The summed E-state index contributed by atoms with van der Waals surface area (Å²) in [5.41, 5.74) is 9.56. The zero-order valence-corrected chi connectivity index (χ0v) is 17.4. The molecule has 30 heavy (non-hydrogen) atoms. The van der Waals surface area contributed by atoms with Gasteiger partial charge in [-0.05, 0) is 62.7 Å². The largest absolute Gasteiger partial charge is 0.481 e. The fourth-order valence-electron chi connectivity index (χ4n) is 3.03. The summed E-state index contributed by atoms with van der Waals surface area (Å²) in [5, 5.41) is 23.2. The summed E-state index contributed by atoms with van der Waals surface area (Å²) >= 11 is 0. The van der Waals surface area contributed by atoms with E-state index >= 15 is 0 Å². The summed E-state index contributed by atoms with van der Waals surface area (Å²) in [4.78, 5) is 34.0. The Bertz CT molecular complexity index is 669. The molecule has 9 nitrogen and oxygen atoms in total. The maximum Gasteiger partial charge on any atom is 0.303 e. The summed E-state index contributed by atoms with van der Waals surface area (Å²) in [7, 11) is 0. The van der Waals surface area contributed by atoms with E-state index in [1.54, 1.807) is 0 Å². The van der Waals surface area contributed by atoms with E-state index in [0.29, 0.717) is 13.0 Å². The van der Waals surface area contributed by atoms with Gasteiger partial charge in [0, 0.05) is 19.4 Å². The van der Waals surface area contributed by atoms with Crippen molar-refractivity contribution in [2.24, 2.45) is 5.73 Å². The van der Waals surface area contributed by atoms with Crippen molar-refractivity contribution < 1.29 is 24.7 Å². The zero-order chi connectivity index (χ0) is 22.2. The van der Waals surface area contributed by atoms with Gasteiger partial charge in [-0.3, -0.25) is 19.6 Å². The first-order valence-corrected chi connectivity index (χ1v) is 10.4. The van der Waals surface area contributed by atoms with Crippen molar-refractivity contribution in [3.05, 3.63) is 35.4 Å². The molecular formula is C21H34N4O5. The number of rotatable bonds is 16. The number of amides is 2. The van der Waals surface area contributed by atoms with Crippen molar-refractivity contribution in [2.75, 3.05) is 13.1 Å². The molecule has 0 heterocycles. The van der Waals surface area contributed by atoms with Crippen LogP contribution < -0.4 is 21.8 Å². The molecule has 0 aliphatic carbocycles. The molecule has 0 aromatic heterocycles. The molecule has 1 atom stereocenters. The van der Waals surface area contributed by atoms with Gasteiger partial charge in [-0.25, -0.2) is 5.48 Å². The van der Waals surface area contributed by atoms with Crippen LogP contribution in [0.1, 0.15) is 56.1 Å². The number of aryl methyl sites for hydroxylation is 1. The van der Waals surface area contributed by atoms with Crippen LogP contribution in [-0.4, -0.2) is 47.2 Å². The highest BCUT2D eigenvalue weighted by Gasteiger charge is 2.21. The van der Waals surface area contributed by atoms with Gasteiger partial charge in [-0.2, -0.15) is 0 Å². The Kier molecular flexibility index (Phi) is 13.1. The normalized spacial score (nSPS) is 11.7. The SMILES string of the molecule is NCc1cccc(CCCCNCCCCC(=O)NC(CCC(=O)O)C(=O)NO)c1. The minimum Gasteiger partial charge on any atom is -0.481 e. The third kappa shape index (κ3) is 11.5. The van der Waals surface area contributed by atoms with E-state index in [1.165, 1.54) is 11.0 Å². The van der Waals surface area contributed by atoms with E-state index in [4.69, 9.17) is 16.0 Å². The van der Waals surface area contributed by atoms with Crippen LogP contribution in [-0.2, 0) is 27.3 Å². The Morgan fingerprint density at radius 1 is 1.00 bits per heavy atom. The lowest BCUT2D eigenvalue weighted by Crippen LogP contribution is -2.46. The highest BCUT2D eigenvalue weighted by Crippen LogP contribution is 2.08. The van der Waals surface area contributed by atoms with Crippen LogP contribution in [0.3, 0.4) is 0 Å². The number of unbranched alkanes of at least 4 members (excludes halogenated alkanes) is 2. The molecule has 9 heteroatoms. The van der Waals surface area contributed by atoms with Gasteiger partial charge in [-0.1, -0.05) is 24.3 Å². The lowest BCUT2D eigenvalue weighted by Gasteiger charge is -2.15. The molecule has 2 amide bonds. The maximum atomic E-state index is 11.9. The van der Waals surface area contributed by atoms with Crippen molar-refractivity contribution in [2.45, 2.75) is 64.0 Å². The van der Waals surface area contributed by atoms with Crippen LogP contribution in [0.15, 0.2) is 24.3 Å². The fourth-order valence-corrected chi connectivity index (χ4v) is 3.03. The van der Waals surface area contributed by atoms with Gasteiger partial charge in [0.15, 0.2) is 0 Å². The van der Waals surface area contributed by atoms with Crippen LogP contribution in [0.4, 0.5) is 0 Å². The summed E-state index contributed by atoms with van der Waals surface area (Å²) in [5.74, 6) is -2.23. The molecular weight excluding hydrogens is 388 g/mol. The molecule has 1 unspecified atom stereocenters. The Hall–Kier alpha value is -2.49. The van der Waals surface area contributed by atoms with Crippen LogP contribution in [0.2, 0.25) is 0 Å². The van der Waals surface area contributed by atoms with E-state index < -0.39 is 17.9 Å². The third-order valence-electron chi connectivity index (χ3n) is 4.71. The lowest BCUT2D eigenvalue weighted by atomic mass is 10.1. The first kappa shape index (κ1) is 25.5. The topological polar surface area (TPSA) is 154 Å². The molecule has 0 radical (unpaired) electrons. The average molecular weight is 423 g/mol. The maximum absolute atomic E-state index is 11.9. The quantitative estimate of drug-likeness (QED) is 0.132. The molecule has 0 saturated carbocycles. The van der Waals surface area contributed by atoms with E-state index in [2.05, 4.69) is 22.8 Å². The molecule has 1 rings (SSSR count). The first-order valence-electron chi connectivity index (χ1n) is 10.4. The Morgan fingerprint density at radius 3 is 2.37 bits per heavy atom. The number of hydroxylamine groups is 1.